The molecule has 0 amide bonds. The number of benzene rings is 1. The first kappa shape index (κ1) is 13.0. The molecule has 0 radical (unpaired) electrons. The molecule has 16 heavy (non-hydrogen) atoms. The zero-order chi connectivity index (χ0) is 12.0. The van der Waals surface area contributed by atoms with E-state index in [0.717, 1.165) is 18.4 Å². The molecule has 0 fully saturated rings. The lowest BCUT2D eigenvalue weighted by molar-refractivity contribution is -0.385. The van der Waals surface area contributed by atoms with Gasteiger partial charge in [-0.25, -0.2) is 0 Å². The Kier molecular flexibility index (Phi) is 5.25. The molecule has 1 aromatic rings. The molecule has 1 rings (SSSR count). The summed E-state index contributed by atoms with van der Waals surface area (Å²) in [7, 11) is 0. The molecule has 0 heterocycles. The first-order valence-electron chi connectivity index (χ1n) is 5.15. The van der Waals surface area contributed by atoms with E-state index in [1.165, 1.54) is 6.07 Å². The quantitative estimate of drug-likeness (QED) is 0.347. The van der Waals surface area contributed by atoms with Crippen molar-refractivity contribution in [3.63, 3.8) is 0 Å². The predicted molar refractivity (Wildman–Crippen MR) is 66.1 cm³/mol. The molecular formula is C11H14BrNO3. The van der Waals surface area contributed by atoms with Gasteiger partial charge in [0.05, 0.1) is 11.5 Å². The second-order valence-corrected chi connectivity index (χ2v) is 3.96. The van der Waals surface area contributed by atoms with Gasteiger partial charge >= 0.3 is 5.69 Å². The lowest BCUT2D eigenvalue weighted by atomic mass is 10.2. The van der Waals surface area contributed by atoms with Gasteiger partial charge in [-0.1, -0.05) is 35.3 Å². The molecule has 88 valence electrons. The van der Waals surface area contributed by atoms with E-state index in [2.05, 4.69) is 15.9 Å². The Balaban J connectivity index is 2.85. The highest BCUT2D eigenvalue weighted by molar-refractivity contribution is 9.08. The average molecular weight is 288 g/mol. The third kappa shape index (κ3) is 3.48. The van der Waals surface area contributed by atoms with E-state index in [9.17, 15) is 10.1 Å². The van der Waals surface area contributed by atoms with E-state index in [4.69, 9.17) is 4.74 Å². The van der Waals surface area contributed by atoms with E-state index in [0.29, 0.717) is 17.7 Å². The molecule has 0 aliphatic rings. The third-order valence-corrected chi connectivity index (χ3v) is 2.78. The fraction of sp³-hybridized carbons (Fsp3) is 0.455. The van der Waals surface area contributed by atoms with E-state index in [-0.39, 0.29) is 5.69 Å². The summed E-state index contributed by atoms with van der Waals surface area (Å²) in [6.07, 6.45) is 1.91. The van der Waals surface area contributed by atoms with Gasteiger partial charge in [0.2, 0.25) is 0 Å². The van der Waals surface area contributed by atoms with E-state index in [1.54, 1.807) is 6.07 Å². The zero-order valence-electron chi connectivity index (χ0n) is 9.11. The maximum Gasteiger partial charge on any atom is 0.311 e. The van der Waals surface area contributed by atoms with Gasteiger partial charge < -0.3 is 4.74 Å². The van der Waals surface area contributed by atoms with Crippen LogP contribution in [0.3, 0.4) is 0 Å². The lowest BCUT2D eigenvalue weighted by Gasteiger charge is -2.06. The summed E-state index contributed by atoms with van der Waals surface area (Å²) in [6.45, 7) is 2.57. The fourth-order valence-corrected chi connectivity index (χ4v) is 1.59. The lowest BCUT2D eigenvalue weighted by Crippen LogP contribution is -2.00. The Morgan fingerprint density at radius 1 is 1.50 bits per heavy atom. The maximum atomic E-state index is 10.8. The number of unbranched alkanes of at least 4 members (excludes halogenated alkanes) is 1. The molecule has 0 aliphatic carbocycles. The smallest absolute Gasteiger partial charge is 0.311 e. The number of alkyl halides is 1. The Bertz CT molecular complexity index is 368. The molecule has 0 saturated heterocycles. The van der Waals surface area contributed by atoms with E-state index < -0.39 is 4.92 Å². The summed E-state index contributed by atoms with van der Waals surface area (Å²) in [4.78, 5) is 10.4. The first-order valence-corrected chi connectivity index (χ1v) is 6.27. The van der Waals surface area contributed by atoms with Crippen LogP contribution in [-0.4, -0.2) is 11.5 Å². The highest BCUT2D eigenvalue weighted by Gasteiger charge is 2.15. The van der Waals surface area contributed by atoms with Crippen molar-refractivity contribution in [1.29, 1.82) is 0 Å². The van der Waals surface area contributed by atoms with E-state index in [1.807, 2.05) is 13.0 Å². The van der Waals surface area contributed by atoms with Crippen LogP contribution in [0.15, 0.2) is 18.2 Å². The Hall–Kier alpha value is -1.10. The molecule has 0 spiro atoms. The van der Waals surface area contributed by atoms with Gasteiger partial charge in [-0.05, 0) is 18.1 Å². The molecule has 1 aromatic carbocycles. The minimum atomic E-state index is -0.409. The van der Waals surface area contributed by atoms with Crippen LogP contribution >= 0.6 is 15.9 Å². The molecule has 0 bridgehead atoms. The molecule has 0 aromatic heterocycles. The molecule has 0 aliphatic heterocycles. The molecule has 0 N–H and O–H groups in total. The Labute approximate surface area is 103 Å². The van der Waals surface area contributed by atoms with Gasteiger partial charge in [0.15, 0.2) is 5.75 Å². The second kappa shape index (κ2) is 6.48. The summed E-state index contributed by atoms with van der Waals surface area (Å²) in [5.41, 5.74) is 0.905. The molecular weight excluding hydrogens is 274 g/mol. The number of halogens is 1. The largest absolute Gasteiger partial charge is 0.487 e. The summed E-state index contributed by atoms with van der Waals surface area (Å²) in [5, 5.41) is 11.4. The van der Waals surface area contributed by atoms with Crippen molar-refractivity contribution < 1.29 is 9.66 Å². The van der Waals surface area contributed by atoms with Crippen LogP contribution in [0.5, 0.6) is 5.75 Å². The van der Waals surface area contributed by atoms with Gasteiger partial charge in [-0.2, -0.15) is 0 Å². The minimum absolute atomic E-state index is 0.0352. The van der Waals surface area contributed by atoms with Gasteiger partial charge in [0.25, 0.3) is 0 Å². The number of nitro benzene ring substituents is 1. The average Bonchev–Trinajstić information content (AvgIpc) is 2.29. The Morgan fingerprint density at radius 2 is 2.25 bits per heavy atom. The van der Waals surface area contributed by atoms with Crippen LogP contribution in [-0.2, 0) is 5.33 Å². The van der Waals surface area contributed by atoms with E-state index >= 15 is 0 Å². The normalized spacial score (nSPS) is 10.1. The summed E-state index contributed by atoms with van der Waals surface area (Å²) >= 11 is 3.27. The van der Waals surface area contributed by atoms with Crippen LogP contribution in [0.1, 0.15) is 25.3 Å². The van der Waals surface area contributed by atoms with Crippen LogP contribution in [0, 0.1) is 10.1 Å². The summed E-state index contributed by atoms with van der Waals surface area (Å²) in [6, 6.07) is 5.02. The topological polar surface area (TPSA) is 52.4 Å². The maximum absolute atomic E-state index is 10.8. The second-order valence-electron chi connectivity index (χ2n) is 3.39. The third-order valence-electron chi connectivity index (χ3n) is 2.13. The van der Waals surface area contributed by atoms with Gasteiger partial charge in [-0.15, -0.1) is 0 Å². The molecule has 0 unspecified atom stereocenters. The summed E-state index contributed by atoms with van der Waals surface area (Å²) < 4.78 is 5.38. The minimum Gasteiger partial charge on any atom is -0.487 e. The van der Waals surface area contributed by atoms with Crippen molar-refractivity contribution in [2.24, 2.45) is 0 Å². The van der Waals surface area contributed by atoms with Crippen LogP contribution < -0.4 is 4.74 Å². The molecule has 0 saturated carbocycles. The molecule has 0 atom stereocenters. The van der Waals surface area contributed by atoms with Crippen LogP contribution in [0.2, 0.25) is 0 Å². The first-order chi connectivity index (χ1) is 7.69. The Morgan fingerprint density at radius 3 is 2.81 bits per heavy atom. The van der Waals surface area contributed by atoms with Crippen molar-refractivity contribution in [2.75, 3.05) is 6.61 Å². The highest BCUT2D eigenvalue weighted by Crippen LogP contribution is 2.28. The predicted octanol–water partition coefficient (Wildman–Crippen LogP) is 3.67. The zero-order valence-corrected chi connectivity index (χ0v) is 10.7. The number of nitrogens with zero attached hydrogens (tertiary/aromatic N) is 1. The number of rotatable bonds is 6. The van der Waals surface area contributed by atoms with Crippen molar-refractivity contribution >= 4 is 21.6 Å². The number of ether oxygens (including phenoxy) is 1. The standard InChI is InChI=1S/C11H14BrNO3/c1-2-3-6-16-11-5-4-9(8-12)7-10(11)13(14)15/h4-5,7H,2-3,6,8H2,1H3. The molecule has 5 heteroatoms. The van der Waals surface area contributed by atoms with Gasteiger partial charge in [-0.3, -0.25) is 10.1 Å². The number of hydrogen-bond donors (Lipinski definition) is 0. The highest BCUT2D eigenvalue weighted by atomic mass is 79.9. The van der Waals surface area contributed by atoms with Crippen molar-refractivity contribution in [1.82, 2.24) is 0 Å². The number of nitro groups is 1. The van der Waals surface area contributed by atoms with Gasteiger partial charge in [0, 0.05) is 11.4 Å². The van der Waals surface area contributed by atoms with Crippen molar-refractivity contribution in [3.05, 3.63) is 33.9 Å². The monoisotopic (exact) mass is 287 g/mol. The van der Waals surface area contributed by atoms with Crippen molar-refractivity contribution in [2.45, 2.75) is 25.1 Å². The molecule has 4 nitrogen and oxygen atoms in total. The fourth-order valence-electron chi connectivity index (χ4n) is 1.24. The van der Waals surface area contributed by atoms with Crippen molar-refractivity contribution in [3.8, 4) is 5.75 Å². The van der Waals surface area contributed by atoms with Crippen LogP contribution in [0.4, 0.5) is 5.69 Å². The van der Waals surface area contributed by atoms with Gasteiger partial charge in [0.1, 0.15) is 0 Å². The van der Waals surface area contributed by atoms with Crippen LogP contribution in [0.25, 0.3) is 0 Å². The number of hydrogen-bond acceptors (Lipinski definition) is 3. The summed E-state index contributed by atoms with van der Waals surface area (Å²) in [5.74, 6) is 0.350. The SMILES string of the molecule is CCCCOc1ccc(CBr)cc1[N+](=O)[O-].